The van der Waals surface area contributed by atoms with Crippen LogP contribution in [0.1, 0.15) is 30.9 Å². The Hall–Kier alpha value is -1.49. The van der Waals surface area contributed by atoms with Crippen molar-refractivity contribution in [2.45, 2.75) is 31.6 Å². The average molecular weight is 307 g/mol. The molecule has 0 radical (unpaired) electrons. The first-order chi connectivity index (χ1) is 10.0. The summed E-state index contributed by atoms with van der Waals surface area (Å²) in [6.45, 7) is 2.80. The molecule has 1 aliphatic carbocycles. The maximum absolute atomic E-state index is 11.8. The highest BCUT2D eigenvalue weighted by Gasteiger charge is 2.31. The predicted molar refractivity (Wildman–Crippen MR) is 84.7 cm³/mol. The van der Waals surface area contributed by atoms with Crippen LogP contribution in [0.2, 0.25) is 0 Å². The van der Waals surface area contributed by atoms with Gasteiger partial charge in [-0.1, -0.05) is 31.2 Å². The van der Waals surface area contributed by atoms with Gasteiger partial charge in [-0.2, -0.15) is 0 Å². The predicted octanol–water partition coefficient (Wildman–Crippen LogP) is 2.21. The van der Waals surface area contributed by atoms with E-state index in [1.54, 1.807) is 0 Å². The standard InChI is InChI=1S/C16H21NO3S/c1-16(11-17-14(18)9-21-10-15(19)20)8-4-6-12-5-2-3-7-13(12)16/h2-3,5,7H,4,6,8-11H2,1H3,(H,17,18)(H,19,20). The minimum Gasteiger partial charge on any atom is -0.481 e. The van der Waals surface area contributed by atoms with Gasteiger partial charge in [0.1, 0.15) is 0 Å². The Kier molecular flexibility index (Phi) is 5.28. The molecule has 0 heterocycles. The number of nitrogens with one attached hydrogen (secondary N) is 1. The molecule has 0 bridgehead atoms. The van der Waals surface area contributed by atoms with Crippen molar-refractivity contribution in [2.75, 3.05) is 18.1 Å². The van der Waals surface area contributed by atoms with Crippen molar-refractivity contribution in [3.8, 4) is 0 Å². The Labute approximate surface area is 129 Å². The third-order valence-electron chi connectivity index (χ3n) is 3.98. The highest BCUT2D eigenvalue weighted by atomic mass is 32.2. The topological polar surface area (TPSA) is 66.4 Å². The lowest BCUT2D eigenvalue weighted by atomic mass is 9.71. The van der Waals surface area contributed by atoms with E-state index >= 15 is 0 Å². The molecular weight excluding hydrogens is 286 g/mol. The van der Waals surface area contributed by atoms with Crippen LogP contribution in [0.3, 0.4) is 0 Å². The Morgan fingerprint density at radius 3 is 2.86 bits per heavy atom. The van der Waals surface area contributed by atoms with Gasteiger partial charge in [0.25, 0.3) is 0 Å². The molecule has 1 aromatic carbocycles. The van der Waals surface area contributed by atoms with Crippen molar-refractivity contribution in [3.05, 3.63) is 35.4 Å². The van der Waals surface area contributed by atoms with E-state index in [9.17, 15) is 9.59 Å². The number of rotatable bonds is 6. The fourth-order valence-electron chi connectivity index (χ4n) is 2.89. The van der Waals surface area contributed by atoms with Gasteiger partial charge in [-0.05, 0) is 30.4 Å². The second-order valence-electron chi connectivity index (χ2n) is 5.73. The number of carbonyl (C=O) groups excluding carboxylic acids is 1. The van der Waals surface area contributed by atoms with Crippen molar-refractivity contribution in [1.29, 1.82) is 0 Å². The van der Waals surface area contributed by atoms with Crippen molar-refractivity contribution in [3.63, 3.8) is 0 Å². The van der Waals surface area contributed by atoms with Crippen LogP contribution in [-0.2, 0) is 21.4 Å². The van der Waals surface area contributed by atoms with Gasteiger partial charge in [-0.3, -0.25) is 9.59 Å². The maximum atomic E-state index is 11.8. The lowest BCUT2D eigenvalue weighted by Crippen LogP contribution is -2.41. The summed E-state index contributed by atoms with van der Waals surface area (Å²) in [5.74, 6) is -0.816. The monoisotopic (exact) mass is 307 g/mol. The van der Waals surface area contributed by atoms with Gasteiger partial charge >= 0.3 is 5.97 Å². The summed E-state index contributed by atoms with van der Waals surface area (Å²) < 4.78 is 0. The summed E-state index contributed by atoms with van der Waals surface area (Å²) >= 11 is 1.13. The van der Waals surface area contributed by atoms with Crippen molar-refractivity contribution in [2.24, 2.45) is 0 Å². The molecule has 0 aromatic heterocycles. The zero-order valence-electron chi connectivity index (χ0n) is 12.2. The van der Waals surface area contributed by atoms with Crippen LogP contribution in [0.15, 0.2) is 24.3 Å². The number of benzene rings is 1. The minimum atomic E-state index is -0.888. The summed E-state index contributed by atoms with van der Waals surface area (Å²) in [6.07, 6.45) is 3.30. The molecule has 21 heavy (non-hydrogen) atoms. The molecular formula is C16H21NO3S. The van der Waals surface area contributed by atoms with E-state index < -0.39 is 5.97 Å². The summed E-state index contributed by atoms with van der Waals surface area (Å²) in [4.78, 5) is 22.2. The average Bonchev–Trinajstić information content (AvgIpc) is 2.45. The van der Waals surface area contributed by atoms with Crippen LogP contribution in [0, 0.1) is 0 Å². The van der Waals surface area contributed by atoms with Crippen LogP contribution < -0.4 is 5.32 Å². The van der Waals surface area contributed by atoms with E-state index in [4.69, 9.17) is 5.11 Å². The van der Waals surface area contributed by atoms with Gasteiger partial charge in [0.05, 0.1) is 11.5 Å². The Morgan fingerprint density at radius 2 is 2.10 bits per heavy atom. The molecule has 114 valence electrons. The number of aryl methyl sites for hydroxylation is 1. The summed E-state index contributed by atoms with van der Waals surface area (Å²) in [7, 11) is 0. The molecule has 1 aromatic rings. The van der Waals surface area contributed by atoms with Crippen LogP contribution in [0.25, 0.3) is 0 Å². The summed E-state index contributed by atoms with van der Waals surface area (Å²) in [5, 5.41) is 11.5. The maximum Gasteiger partial charge on any atom is 0.313 e. The lowest BCUT2D eigenvalue weighted by Gasteiger charge is -2.36. The lowest BCUT2D eigenvalue weighted by molar-refractivity contribution is -0.133. The Bertz CT molecular complexity index is 532. The molecule has 5 heteroatoms. The van der Waals surface area contributed by atoms with E-state index in [2.05, 4.69) is 30.4 Å². The van der Waals surface area contributed by atoms with E-state index in [1.165, 1.54) is 11.1 Å². The fraction of sp³-hybridized carbons (Fsp3) is 0.500. The number of thioether (sulfide) groups is 1. The van der Waals surface area contributed by atoms with Gasteiger partial charge in [-0.25, -0.2) is 0 Å². The van der Waals surface area contributed by atoms with Crippen LogP contribution in [0.5, 0.6) is 0 Å². The Morgan fingerprint density at radius 1 is 1.33 bits per heavy atom. The fourth-order valence-corrected chi connectivity index (χ4v) is 3.45. The number of carboxylic acids is 1. The highest BCUT2D eigenvalue weighted by molar-refractivity contribution is 8.00. The molecule has 2 rings (SSSR count). The quantitative estimate of drug-likeness (QED) is 0.845. The number of fused-ring (bicyclic) bond motifs is 1. The molecule has 1 unspecified atom stereocenters. The molecule has 1 aliphatic rings. The molecule has 0 aliphatic heterocycles. The van der Waals surface area contributed by atoms with Gasteiger partial charge in [-0.15, -0.1) is 11.8 Å². The van der Waals surface area contributed by atoms with Gasteiger partial charge in [0.2, 0.25) is 5.91 Å². The molecule has 0 fully saturated rings. The number of hydrogen-bond acceptors (Lipinski definition) is 3. The van der Waals surface area contributed by atoms with Gasteiger partial charge < -0.3 is 10.4 Å². The Balaban J connectivity index is 1.91. The third-order valence-corrected chi connectivity index (χ3v) is 4.89. The summed E-state index contributed by atoms with van der Waals surface area (Å²) in [6, 6.07) is 8.43. The zero-order valence-corrected chi connectivity index (χ0v) is 13.0. The minimum absolute atomic E-state index is 0.0258. The molecule has 0 saturated carbocycles. The highest BCUT2D eigenvalue weighted by Crippen LogP contribution is 2.36. The largest absolute Gasteiger partial charge is 0.481 e. The van der Waals surface area contributed by atoms with E-state index in [-0.39, 0.29) is 22.8 Å². The van der Waals surface area contributed by atoms with E-state index in [0.717, 1.165) is 31.0 Å². The van der Waals surface area contributed by atoms with Gasteiger partial charge in [0.15, 0.2) is 0 Å². The second-order valence-corrected chi connectivity index (χ2v) is 6.72. The number of carbonyl (C=O) groups is 2. The second kappa shape index (κ2) is 6.98. The molecule has 0 saturated heterocycles. The molecule has 4 nitrogen and oxygen atoms in total. The molecule has 1 atom stereocenters. The van der Waals surface area contributed by atoms with Crippen molar-refractivity contribution >= 4 is 23.6 Å². The summed E-state index contributed by atoms with van der Waals surface area (Å²) in [5.41, 5.74) is 2.68. The van der Waals surface area contributed by atoms with Crippen LogP contribution in [0.4, 0.5) is 0 Å². The zero-order chi connectivity index (χ0) is 15.3. The van der Waals surface area contributed by atoms with E-state index in [1.807, 2.05) is 6.07 Å². The molecule has 2 N–H and O–H groups in total. The first kappa shape index (κ1) is 15.9. The van der Waals surface area contributed by atoms with E-state index in [0.29, 0.717) is 6.54 Å². The number of hydrogen-bond donors (Lipinski definition) is 2. The third kappa shape index (κ3) is 4.24. The number of amides is 1. The number of carboxylic acid groups (broad SMARTS) is 1. The van der Waals surface area contributed by atoms with Crippen LogP contribution >= 0.6 is 11.8 Å². The first-order valence-electron chi connectivity index (χ1n) is 7.16. The van der Waals surface area contributed by atoms with Crippen molar-refractivity contribution < 1.29 is 14.7 Å². The van der Waals surface area contributed by atoms with Crippen molar-refractivity contribution in [1.82, 2.24) is 5.32 Å². The van der Waals surface area contributed by atoms with Crippen LogP contribution in [-0.4, -0.2) is 35.0 Å². The van der Waals surface area contributed by atoms with Gasteiger partial charge in [0, 0.05) is 12.0 Å². The first-order valence-corrected chi connectivity index (χ1v) is 8.31. The smallest absolute Gasteiger partial charge is 0.313 e. The number of aliphatic carboxylic acids is 1. The SMILES string of the molecule is CC1(CNC(=O)CSCC(=O)O)CCCc2ccccc21. The normalized spacial score (nSPS) is 20.6. The molecule has 0 spiro atoms. The molecule has 1 amide bonds.